The van der Waals surface area contributed by atoms with Gasteiger partial charge in [0.2, 0.25) is 0 Å². The van der Waals surface area contributed by atoms with E-state index in [0.717, 1.165) is 4.90 Å². The van der Waals surface area contributed by atoms with Crippen LogP contribution in [0.4, 0.5) is 5.69 Å². The molecule has 0 spiro atoms. The summed E-state index contributed by atoms with van der Waals surface area (Å²) >= 11 is 0. The van der Waals surface area contributed by atoms with E-state index in [4.69, 9.17) is 4.74 Å². The van der Waals surface area contributed by atoms with Crippen molar-refractivity contribution in [2.75, 3.05) is 4.90 Å². The Morgan fingerprint density at radius 2 is 1.14 bits per heavy atom. The van der Waals surface area contributed by atoms with Gasteiger partial charge in [0, 0.05) is 23.3 Å². The number of ketones is 1. The number of hydrogen-bond acceptors (Lipinski definition) is 4. The average molecular weight is 369 g/mol. The minimum absolute atomic E-state index is 0.0509. The van der Waals surface area contributed by atoms with Gasteiger partial charge in [-0.05, 0) is 48.5 Å². The molecule has 0 fully saturated rings. The topological polar surface area (TPSA) is 63.7 Å². The first-order valence-corrected chi connectivity index (χ1v) is 8.66. The zero-order valence-corrected chi connectivity index (χ0v) is 14.7. The van der Waals surface area contributed by atoms with Gasteiger partial charge in [0.1, 0.15) is 11.5 Å². The number of hydrogen-bond donors (Lipinski definition) is 0. The molecule has 4 rings (SSSR count). The molecule has 2 amide bonds. The molecule has 0 aliphatic carbocycles. The third kappa shape index (κ3) is 3.46. The van der Waals surface area contributed by atoms with Crippen molar-refractivity contribution in [1.82, 2.24) is 0 Å². The summed E-state index contributed by atoms with van der Waals surface area (Å²) in [5.41, 5.74) is 1.69. The molecule has 0 saturated heterocycles. The van der Waals surface area contributed by atoms with Crippen LogP contribution in [0.25, 0.3) is 0 Å². The van der Waals surface area contributed by atoms with Crippen molar-refractivity contribution in [3.8, 4) is 11.5 Å². The molecule has 0 N–H and O–H groups in total. The van der Waals surface area contributed by atoms with Crippen LogP contribution < -0.4 is 9.64 Å². The number of benzene rings is 3. The number of rotatable bonds is 5. The SMILES string of the molecule is O=C(c1ccccc1)c1ccc(Oc2ccc(N3C(=O)C=CC3=O)cc2)cc1. The van der Waals surface area contributed by atoms with Crippen LogP contribution in [0.3, 0.4) is 0 Å². The summed E-state index contributed by atoms with van der Waals surface area (Å²) in [6, 6.07) is 22.6. The highest BCUT2D eigenvalue weighted by Crippen LogP contribution is 2.26. The van der Waals surface area contributed by atoms with Gasteiger partial charge in [-0.15, -0.1) is 0 Å². The summed E-state index contributed by atoms with van der Waals surface area (Å²) in [6.07, 6.45) is 2.48. The number of carbonyl (C=O) groups is 3. The van der Waals surface area contributed by atoms with E-state index < -0.39 is 0 Å². The summed E-state index contributed by atoms with van der Waals surface area (Å²) < 4.78 is 5.77. The van der Waals surface area contributed by atoms with Crippen LogP contribution in [-0.4, -0.2) is 17.6 Å². The Bertz CT molecular complexity index is 1050. The zero-order chi connectivity index (χ0) is 19.5. The Balaban J connectivity index is 1.45. The van der Waals surface area contributed by atoms with Crippen LogP contribution in [0.5, 0.6) is 11.5 Å². The highest BCUT2D eigenvalue weighted by Gasteiger charge is 2.24. The molecule has 5 heteroatoms. The standard InChI is InChI=1S/C23H15NO4/c25-21-14-15-22(26)24(21)18-8-12-20(13-9-18)28-19-10-6-17(7-11-19)23(27)16-4-2-1-3-5-16/h1-15H. The van der Waals surface area contributed by atoms with E-state index >= 15 is 0 Å². The molecule has 1 aliphatic rings. The molecule has 5 nitrogen and oxygen atoms in total. The number of imide groups is 1. The van der Waals surface area contributed by atoms with E-state index in [1.807, 2.05) is 18.2 Å². The fourth-order valence-corrected chi connectivity index (χ4v) is 2.88. The maximum absolute atomic E-state index is 12.4. The van der Waals surface area contributed by atoms with Crippen LogP contribution >= 0.6 is 0 Å². The number of carbonyl (C=O) groups excluding carboxylic acids is 3. The lowest BCUT2D eigenvalue weighted by atomic mass is 10.0. The predicted molar refractivity (Wildman–Crippen MR) is 104 cm³/mol. The first-order valence-electron chi connectivity index (χ1n) is 8.66. The van der Waals surface area contributed by atoms with Gasteiger partial charge in [-0.25, -0.2) is 4.90 Å². The van der Waals surface area contributed by atoms with E-state index in [1.165, 1.54) is 12.2 Å². The lowest BCUT2D eigenvalue weighted by molar-refractivity contribution is -0.119. The van der Waals surface area contributed by atoms with Crippen LogP contribution in [0.2, 0.25) is 0 Å². The van der Waals surface area contributed by atoms with Gasteiger partial charge in [0.25, 0.3) is 11.8 Å². The first kappa shape index (κ1) is 17.4. The highest BCUT2D eigenvalue weighted by atomic mass is 16.5. The van der Waals surface area contributed by atoms with Gasteiger partial charge in [0.05, 0.1) is 5.69 Å². The smallest absolute Gasteiger partial charge is 0.258 e. The van der Waals surface area contributed by atoms with Crippen molar-refractivity contribution in [1.29, 1.82) is 0 Å². The van der Waals surface area contributed by atoms with Crippen molar-refractivity contribution in [2.45, 2.75) is 0 Å². The summed E-state index contributed by atoms with van der Waals surface area (Å²) in [6.45, 7) is 0. The number of ether oxygens (including phenoxy) is 1. The molecule has 0 unspecified atom stereocenters. The Hall–Kier alpha value is -3.99. The third-order valence-corrected chi connectivity index (χ3v) is 4.29. The number of anilines is 1. The van der Waals surface area contributed by atoms with Crippen LogP contribution in [0, 0.1) is 0 Å². The molecule has 0 atom stereocenters. The highest BCUT2D eigenvalue weighted by molar-refractivity contribution is 6.28. The number of nitrogens with zero attached hydrogens (tertiary/aromatic N) is 1. The minimum Gasteiger partial charge on any atom is -0.457 e. The molecular formula is C23H15NO4. The zero-order valence-electron chi connectivity index (χ0n) is 14.7. The van der Waals surface area contributed by atoms with E-state index in [9.17, 15) is 14.4 Å². The van der Waals surface area contributed by atoms with Crippen molar-refractivity contribution >= 4 is 23.3 Å². The van der Waals surface area contributed by atoms with Gasteiger partial charge in [0.15, 0.2) is 5.78 Å². The van der Waals surface area contributed by atoms with Crippen molar-refractivity contribution in [3.05, 3.63) is 102 Å². The fraction of sp³-hybridized carbons (Fsp3) is 0. The molecular weight excluding hydrogens is 354 g/mol. The lowest BCUT2D eigenvalue weighted by Gasteiger charge is -2.14. The van der Waals surface area contributed by atoms with Gasteiger partial charge in [-0.3, -0.25) is 14.4 Å². The van der Waals surface area contributed by atoms with Crippen LogP contribution in [0.15, 0.2) is 91.0 Å². The van der Waals surface area contributed by atoms with E-state index in [0.29, 0.717) is 28.3 Å². The molecule has 28 heavy (non-hydrogen) atoms. The fourth-order valence-electron chi connectivity index (χ4n) is 2.88. The second-order valence-corrected chi connectivity index (χ2v) is 6.16. The van der Waals surface area contributed by atoms with Gasteiger partial charge in [-0.1, -0.05) is 30.3 Å². The molecule has 1 aliphatic heterocycles. The number of amides is 2. The van der Waals surface area contributed by atoms with Crippen molar-refractivity contribution in [2.24, 2.45) is 0 Å². The Morgan fingerprint density at radius 1 is 0.643 bits per heavy atom. The molecule has 3 aromatic rings. The maximum atomic E-state index is 12.4. The lowest BCUT2D eigenvalue weighted by Crippen LogP contribution is -2.29. The summed E-state index contributed by atoms with van der Waals surface area (Å²) in [5, 5.41) is 0. The second kappa shape index (κ2) is 7.32. The second-order valence-electron chi connectivity index (χ2n) is 6.16. The van der Waals surface area contributed by atoms with Crippen LogP contribution in [-0.2, 0) is 9.59 Å². The largest absolute Gasteiger partial charge is 0.457 e. The Morgan fingerprint density at radius 3 is 1.71 bits per heavy atom. The van der Waals surface area contributed by atoms with E-state index in [-0.39, 0.29) is 17.6 Å². The van der Waals surface area contributed by atoms with Crippen LogP contribution in [0.1, 0.15) is 15.9 Å². The van der Waals surface area contributed by atoms with Gasteiger partial charge < -0.3 is 4.74 Å². The summed E-state index contributed by atoms with van der Waals surface area (Å²) in [7, 11) is 0. The Labute approximate surface area is 161 Å². The first-order chi connectivity index (χ1) is 13.6. The summed E-state index contributed by atoms with van der Waals surface area (Å²) in [5.74, 6) is 0.352. The third-order valence-electron chi connectivity index (χ3n) is 4.29. The maximum Gasteiger partial charge on any atom is 0.258 e. The van der Waals surface area contributed by atoms with E-state index in [2.05, 4.69) is 0 Å². The van der Waals surface area contributed by atoms with Gasteiger partial charge >= 0.3 is 0 Å². The minimum atomic E-state index is -0.364. The molecule has 136 valence electrons. The summed E-state index contributed by atoms with van der Waals surface area (Å²) in [4.78, 5) is 36.9. The quantitative estimate of drug-likeness (QED) is 0.501. The van der Waals surface area contributed by atoms with E-state index in [1.54, 1.807) is 60.7 Å². The molecule has 1 heterocycles. The predicted octanol–water partition coefficient (Wildman–Crippen LogP) is 4.14. The van der Waals surface area contributed by atoms with Crippen molar-refractivity contribution < 1.29 is 19.1 Å². The van der Waals surface area contributed by atoms with Crippen molar-refractivity contribution in [3.63, 3.8) is 0 Å². The monoisotopic (exact) mass is 369 g/mol. The molecule has 0 aromatic heterocycles. The molecule has 0 radical (unpaired) electrons. The molecule has 3 aromatic carbocycles. The Kier molecular flexibility index (Phi) is 4.56. The average Bonchev–Trinajstić information content (AvgIpc) is 3.07. The normalized spacial score (nSPS) is 13.1. The molecule has 0 bridgehead atoms. The van der Waals surface area contributed by atoms with Gasteiger partial charge in [-0.2, -0.15) is 0 Å². The molecule has 0 saturated carbocycles.